The number of hydrogen-bond acceptors (Lipinski definition) is 2. The van der Waals surface area contributed by atoms with Crippen LogP contribution < -0.4 is 5.32 Å². The molecule has 1 aliphatic rings. The second-order valence-corrected chi connectivity index (χ2v) is 6.27. The van der Waals surface area contributed by atoms with Crippen LogP contribution in [-0.2, 0) is 6.54 Å². The summed E-state index contributed by atoms with van der Waals surface area (Å²) in [7, 11) is 0. The molecule has 0 unspecified atom stereocenters. The molecular formula is C16H20BrN3. The third-order valence-electron chi connectivity index (χ3n) is 3.65. The van der Waals surface area contributed by atoms with Gasteiger partial charge in [0.05, 0.1) is 11.4 Å². The van der Waals surface area contributed by atoms with E-state index in [9.17, 15) is 0 Å². The molecule has 3 rings (SSSR count). The molecule has 0 spiro atoms. The van der Waals surface area contributed by atoms with E-state index in [2.05, 4.69) is 63.7 Å². The van der Waals surface area contributed by atoms with Gasteiger partial charge in [-0.2, -0.15) is 5.10 Å². The van der Waals surface area contributed by atoms with Crippen molar-refractivity contribution in [2.75, 3.05) is 6.54 Å². The van der Waals surface area contributed by atoms with Crippen molar-refractivity contribution in [2.45, 2.75) is 38.6 Å². The van der Waals surface area contributed by atoms with Crippen LogP contribution in [0, 0.1) is 0 Å². The molecule has 3 nitrogen and oxygen atoms in total. The number of halogens is 1. The first kappa shape index (κ1) is 13.8. The summed E-state index contributed by atoms with van der Waals surface area (Å²) in [6.45, 7) is 4.14. The number of nitrogens with one attached hydrogen (secondary N) is 1. The van der Waals surface area contributed by atoms with Gasteiger partial charge in [-0.3, -0.25) is 0 Å². The first-order valence-corrected chi connectivity index (χ1v) is 8.12. The molecule has 1 fully saturated rings. The lowest BCUT2D eigenvalue weighted by Gasteiger charge is -2.08. The van der Waals surface area contributed by atoms with E-state index in [0.29, 0.717) is 5.92 Å². The summed E-state index contributed by atoms with van der Waals surface area (Å²) in [6.07, 6.45) is 5.81. The minimum atomic E-state index is 0.706. The Bertz CT molecular complexity index is 587. The van der Waals surface area contributed by atoms with Crippen molar-refractivity contribution in [3.8, 4) is 5.69 Å². The van der Waals surface area contributed by atoms with Gasteiger partial charge in [0.25, 0.3) is 0 Å². The maximum Gasteiger partial charge on any atom is 0.0659 e. The highest BCUT2D eigenvalue weighted by molar-refractivity contribution is 9.10. The molecule has 0 aliphatic heterocycles. The highest BCUT2D eigenvalue weighted by Crippen LogP contribution is 2.39. The van der Waals surface area contributed by atoms with Crippen LogP contribution in [-0.4, -0.2) is 16.3 Å². The quantitative estimate of drug-likeness (QED) is 0.809. The summed E-state index contributed by atoms with van der Waals surface area (Å²) >= 11 is 3.66. The fourth-order valence-corrected chi connectivity index (χ4v) is 2.81. The Labute approximate surface area is 128 Å². The topological polar surface area (TPSA) is 29.9 Å². The minimum absolute atomic E-state index is 0.706. The van der Waals surface area contributed by atoms with Crippen molar-refractivity contribution in [3.05, 3.63) is 46.2 Å². The zero-order valence-electron chi connectivity index (χ0n) is 11.8. The van der Waals surface area contributed by atoms with Crippen molar-refractivity contribution in [2.24, 2.45) is 0 Å². The molecule has 106 valence electrons. The highest BCUT2D eigenvalue weighted by atomic mass is 79.9. The molecule has 0 atom stereocenters. The Morgan fingerprint density at radius 3 is 2.90 bits per heavy atom. The van der Waals surface area contributed by atoms with E-state index in [0.717, 1.165) is 29.7 Å². The van der Waals surface area contributed by atoms with Gasteiger partial charge in [0.2, 0.25) is 0 Å². The van der Waals surface area contributed by atoms with Gasteiger partial charge in [0, 0.05) is 23.1 Å². The molecule has 1 N–H and O–H groups in total. The molecule has 4 heteroatoms. The van der Waals surface area contributed by atoms with Crippen molar-refractivity contribution in [1.82, 2.24) is 15.1 Å². The number of aromatic nitrogens is 2. The average Bonchev–Trinajstić information content (AvgIpc) is 3.18. The van der Waals surface area contributed by atoms with Gasteiger partial charge < -0.3 is 5.32 Å². The molecule has 0 radical (unpaired) electrons. The van der Waals surface area contributed by atoms with Crippen LogP contribution in [0.1, 0.15) is 43.4 Å². The Balaban J connectivity index is 1.74. The SMILES string of the molecule is CCCNCc1ccc(-n2ccc(C3CC3)n2)cc1Br. The zero-order chi connectivity index (χ0) is 13.9. The summed E-state index contributed by atoms with van der Waals surface area (Å²) in [5.41, 5.74) is 3.63. The predicted octanol–water partition coefficient (Wildman–Crippen LogP) is 4.01. The van der Waals surface area contributed by atoms with Crippen molar-refractivity contribution in [3.63, 3.8) is 0 Å². The van der Waals surface area contributed by atoms with E-state index in [1.165, 1.54) is 24.1 Å². The summed E-state index contributed by atoms with van der Waals surface area (Å²) in [4.78, 5) is 0. The van der Waals surface area contributed by atoms with E-state index < -0.39 is 0 Å². The van der Waals surface area contributed by atoms with E-state index in [1.807, 2.05) is 4.68 Å². The van der Waals surface area contributed by atoms with Crippen LogP contribution in [0.15, 0.2) is 34.9 Å². The molecule has 1 saturated carbocycles. The number of nitrogens with zero attached hydrogens (tertiary/aromatic N) is 2. The van der Waals surface area contributed by atoms with Gasteiger partial charge in [0.1, 0.15) is 0 Å². The van der Waals surface area contributed by atoms with Crippen molar-refractivity contribution >= 4 is 15.9 Å². The molecule has 1 aliphatic carbocycles. The molecule has 0 bridgehead atoms. The average molecular weight is 334 g/mol. The van der Waals surface area contributed by atoms with E-state index >= 15 is 0 Å². The minimum Gasteiger partial charge on any atom is -0.313 e. The molecule has 1 heterocycles. The summed E-state index contributed by atoms with van der Waals surface area (Å²) < 4.78 is 3.11. The van der Waals surface area contributed by atoms with Crippen LogP contribution in [0.25, 0.3) is 5.69 Å². The van der Waals surface area contributed by atoms with Crippen molar-refractivity contribution < 1.29 is 0 Å². The Morgan fingerprint density at radius 1 is 1.35 bits per heavy atom. The Kier molecular flexibility index (Phi) is 4.22. The van der Waals surface area contributed by atoms with Gasteiger partial charge >= 0.3 is 0 Å². The van der Waals surface area contributed by atoms with E-state index in [4.69, 9.17) is 0 Å². The normalized spacial score (nSPS) is 14.7. The lowest BCUT2D eigenvalue weighted by atomic mass is 10.2. The molecule has 1 aromatic carbocycles. The summed E-state index contributed by atoms with van der Waals surface area (Å²) in [6, 6.07) is 8.59. The third-order valence-corrected chi connectivity index (χ3v) is 4.39. The second-order valence-electron chi connectivity index (χ2n) is 5.41. The standard InChI is InChI=1S/C16H20BrN3/c1-2-8-18-11-13-5-6-14(10-15(13)17)20-9-7-16(19-20)12-3-4-12/h5-7,9-10,12,18H,2-4,8,11H2,1H3. The largest absolute Gasteiger partial charge is 0.313 e. The fourth-order valence-electron chi connectivity index (χ4n) is 2.30. The van der Waals surface area contributed by atoms with Crippen LogP contribution in [0.4, 0.5) is 0 Å². The van der Waals surface area contributed by atoms with Crippen LogP contribution in [0.5, 0.6) is 0 Å². The van der Waals surface area contributed by atoms with Gasteiger partial charge in [-0.05, 0) is 49.6 Å². The third kappa shape index (κ3) is 3.13. The van der Waals surface area contributed by atoms with E-state index in [1.54, 1.807) is 0 Å². The van der Waals surface area contributed by atoms with Gasteiger partial charge in [-0.25, -0.2) is 4.68 Å². The lowest BCUT2D eigenvalue weighted by molar-refractivity contribution is 0.673. The first-order valence-electron chi connectivity index (χ1n) is 7.33. The van der Waals surface area contributed by atoms with Crippen LogP contribution >= 0.6 is 15.9 Å². The van der Waals surface area contributed by atoms with Crippen LogP contribution in [0.2, 0.25) is 0 Å². The Hall–Kier alpha value is -1.13. The number of benzene rings is 1. The fraction of sp³-hybridized carbons (Fsp3) is 0.438. The lowest BCUT2D eigenvalue weighted by Crippen LogP contribution is -2.14. The molecule has 0 amide bonds. The van der Waals surface area contributed by atoms with E-state index in [-0.39, 0.29) is 0 Å². The zero-order valence-corrected chi connectivity index (χ0v) is 13.4. The molecule has 2 aromatic rings. The summed E-state index contributed by atoms with van der Waals surface area (Å²) in [5, 5.41) is 8.10. The molecular weight excluding hydrogens is 314 g/mol. The molecule has 1 aromatic heterocycles. The molecule has 0 saturated heterocycles. The summed E-state index contributed by atoms with van der Waals surface area (Å²) in [5.74, 6) is 0.706. The first-order chi connectivity index (χ1) is 9.78. The molecule has 20 heavy (non-hydrogen) atoms. The highest BCUT2D eigenvalue weighted by Gasteiger charge is 2.25. The number of rotatable bonds is 6. The predicted molar refractivity (Wildman–Crippen MR) is 85.2 cm³/mol. The Morgan fingerprint density at radius 2 is 2.20 bits per heavy atom. The number of hydrogen-bond donors (Lipinski definition) is 1. The van der Waals surface area contributed by atoms with Crippen molar-refractivity contribution in [1.29, 1.82) is 0 Å². The maximum absolute atomic E-state index is 4.67. The van der Waals surface area contributed by atoms with Gasteiger partial charge in [0.15, 0.2) is 0 Å². The van der Waals surface area contributed by atoms with Crippen LogP contribution in [0.3, 0.4) is 0 Å². The monoisotopic (exact) mass is 333 g/mol. The maximum atomic E-state index is 4.67. The smallest absolute Gasteiger partial charge is 0.0659 e. The second kappa shape index (κ2) is 6.10. The van der Waals surface area contributed by atoms with Gasteiger partial charge in [-0.1, -0.05) is 28.9 Å². The van der Waals surface area contributed by atoms with Gasteiger partial charge in [-0.15, -0.1) is 0 Å².